The minimum atomic E-state index is -3.62. The number of carbonyl (C=O) groups is 1. The molecule has 0 bridgehead atoms. The van der Waals surface area contributed by atoms with Crippen molar-refractivity contribution in [3.8, 4) is 0 Å². The van der Waals surface area contributed by atoms with E-state index in [1.54, 1.807) is 36.4 Å². The van der Waals surface area contributed by atoms with Gasteiger partial charge in [0.15, 0.2) is 5.78 Å². The van der Waals surface area contributed by atoms with E-state index in [1.165, 1.54) is 4.31 Å². The van der Waals surface area contributed by atoms with Gasteiger partial charge in [0, 0.05) is 23.6 Å². The fraction of sp³-hybridized carbons (Fsp3) is 0.235. The van der Waals surface area contributed by atoms with Gasteiger partial charge < -0.3 is 0 Å². The van der Waals surface area contributed by atoms with Crippen LogP contribution in [0.25, 0.3) is 0 Å². The molecule has 1 aliphatic heterocycles. The minimum Gasteiger partial charge on any atom is -0.294 e. The molecule has 0 saturated heterocycles. The van der Waals surface area contributed by atoms with Gasteiger partial charge in [-0.05, 0) is 30.2 Å². The monoisotopic (exact) mass is 349 g/mol. The number of fused-ring (bicyclic) bond motifs is 1. The molecular weight excluding hydrogens is 334 g/mol. The van der Waals surface area contributed by atoms with Crippen LogP contribution in [0, 0.1) is 6.92 Å². The largest absolute Gasteiger partial charge is 0.294 e. The molecule has 0 atom stereocenters. The van der Waals surface area contributed by atoms with Gasteiger partial charge in [0.05, 0.1) is 11.4 Å². The predicted molar refractivity (Wildman–Crippen MR) is 91.5 cm³/mol. The minimum absolute atomic E-state index is 0.0205. The zero-order chi connectivity index (χ0) is 16.6. The van der Waals surface area contributed by atoms with Crippen molar-refractivity contribution in [1.82, 2.24) is 0 Å². The Bertz CT molecular complexity index is 877. The summed E-state index contributed by atoms with van der Waals surface area (Å²) < 4.78 is 27.1. The molecule has 1 heterocycles. The second-order valence-electron chi connectivity index (χ2n) is 5.56. The molecule has 0 unspecified atom stereocenters. The molecule has 6 heteroatoms. The van der Waals surface area contributed by atoms with Crippen LogP contribution in [0.15, 0.2) is 42.5 Å². The lowest BCUT2D eigenvalue weighted by Gasteiger charge is -2.31. The molecular formula is C17H16ClNO3S. The van der Waals surface area contributed by atoms with Gasteiger partial charge in [-0.15, -0.1) is 0 Å². The average Bonchev–Trinajstić information content (AvgIpc) is 2.50. The SMILES string of the molecule is Cc1cccc2c1N(S(=O)(=O)Cc1ccccc1Cl)CCC2=O. The Morgan fingerprint density at radius 3 is 2.61 bits per heavy atom. The van der Waals surface area contributed by atoms with Crippen LogP contribution in [0.3, 0.4) is 0 Å². The molecule has 0 aromatic heterocycles. The number of hydrogen-bond donors (Lipinski definition) is 0. The first-order valence-electron chi connectivity index (χ1n) is 7.27. The van der Waals surface area contributed by atoms with Crippen LogP contribution >= 0.6 is 11.6 Å². The summed E-state index contributed by atoms with van der Waals surface area (Å²) in [6, 6.07) is 12.2. The number of nitrogens with zero attached hydrogens (tertiary/aromatic N) is 1. The highest BCUT2D eigenvalue weighted by atomic mass is 35.5. The topological polar surface area (TPSA) is 54.5 Å². The van der Waals surface area contributed by atoms with Gasteiger partial charge in [0.1, 0.15) is 0 Å². The Labute approximate surface area is 140 Å². The van der Waals surface area contributed by atoms with Gasteiger partial charge in [-0.25, -0.2) is 8.42 Å². The zero-order valence-corrected chi connectivity index (χ0v) is 14.2. The van der Waals surface area contributed by atoms with Crippen molar-refractivity contribution in [3.63, 3.8) is 0 Å². The number of carbonyl (C=O) groups excluding carboxylic acids is 1. The molecule has 23 heavy (non-hydrogen) atoms. The maximum absolute atomic E-state index is 12.9. The maximum Gasteiger partial charge on any atom is 0.239 e. The molecule has 0 aliphatic carbocycles. The standard InChI is InChI=1S/C17H16ClNO3S/c1-12-5-4-7-14-16(20)9-10-19(17(12)14)23(21,22)11-13-6-2-3-8-15(13)18/h2-8H,9-11H2,1H3. The number of para-hydroxylation sites is 1. The van der Waals surface area contributed by atoms with Gasteiger partial charge >= 0.3 is 0 Å². The number of ketones is 1. The molecule has 0 amide bonds. The highest BCUT2D eigenvalue weighted by Crippen LogP contribution is 2.34. The molecule has 0 radical (unpaired) electrons. The second-order valence-corrected chi connectivity index (χ2v) is 7.86. The molecule has 0 fully saturated rings. The van der Waals surface area contributed by atoms with Gasteiger partial charge in [-0.1, -0.05) is 41.9 Å². The van der Waals surface area contributed by atoms with Gasteiger partial charge in [-0.2, -0.15) is 0 Å². The molecule has 3 rings (SSSR count). The number of aryl methyl sites for hydroxylation is 1. The van der Waals surface area contributed by atoms with E-state index in [1.807, 2.05) is 13.0 Å². The van der Waals surface area contributed by atoms with Crippen molar-refractivity contribution < 1.29 is 13.2 Å². The highest BCUT2D eigenvalue weighted by Gasteiger charge is 2.32. The number of anilines is 1. The second kappa shape index (κ2) is 5.98. The lowest BCUT2D eigenvalue weighted by molar-refractivity contribution is 0.0982. The summed E-state index contributed by atoms with van der Waals surface area (Å²) in [5.41, 5.74) is 2.30. The Morgan fingerprint density at radius 2 is 1.87 bits per heavy atom. The number of benzene rings is 2. The van der Waals surface area contributed by atoms with E-state index in [0.29, 0.717) is 21.8 Å². The van der Waals surface area contributed by atoms with Crippen molar-refractivity contribution in [1.29, 1.82) is 0 Å². The third-order valence-electron chi connectivity index (χ3n) is 3.96. The zero-order valence-electron chi connectivity index (χ0n) is 12.6. The lowest BCUT2D eigenvalue weighted by Crippen LogP contribution is -2.38. The van der Waals surface area contributed by atoms with Gasteiger partial charge in [0.2, 0.25) is 10.0 Å². The number of Topliss-reactive ketones (excluding diaryl/α,β-unsaturated/α-hetero) is 1. The van der Waals surface area contributed by atoms with E-state index >= 15 is 0 Å². The summed E-state index contributed by atoms with van der Waals surface area (Å²) in [6.45, 7) is 1.99. The number of hydrogen-bond acceptors (Lipinski definition) is 3. The van der Waals surface area contributed by atoms with Crippen LogP contribution in [0.5, 0.6) is 0 Å². The van der Waals surface area contributed by atoms with Gasteiger partial charge in [-0.3, -0.25) is 9.10 Å². The normalized spacial score (nSPS) is 14.7. The summed E-state index contributed by atoms with van der Waals surface area (Å²) in [5, 5.41) is 0.425. The summed E-state index contributed by atoms with van der Waals surface area (Å²) in [4.78, 5) is 12.1. The Balaban J connectivity index is 2.04. The number of sulfonamides is 1. The first-order valence-corrected chi connectivity index (χ1v) is 9.25. The van der Waals surface area contributed by atoms with Crippen molar-refractivity contribution in [2.45, 2.75) is 19.1 Å². The summed E-state index contributed by atoms with van der Waals surface area (Å²) >= 11 is 6.09. The number of rotatable bonds is 3. The van der Waals surface area contributed by atoms with Crippen molar-refractivity contribution in [2.75, 3.05) is 10.8 Å². The molecule has 4 nitrogen and oxygen atoms in total. The summed E-state index contributed by atoms with van der Waals surface area (Å²) in [6.07, 6.45) is 0.193. The van der Waals surface area contributed by atoms with Crippen molar-refractivity contribution in [3.05, 3.63) is 64.2 Å². The first-order chi connectivity index (χ1) is 10.9. The molecule has 2 aromatic carbocycles. The van der Waals surface area contributed by atoms with Gasteiger partial charge in [0.25, 0.3) is 0 Å². The predicted octanol–water partition coefficient (Wildman–Crippen LogP) is 3.57. The summed E-state index contributed by atoms with van der Waals surface area (Å²) in [5.74, 6) is -0.206. The fourth-order valence-electron chi connectivity index (χ4n) is 2.83. The van der Waals surface area contributed by atoms with E-state index in [0.717, 1.165) is 5.56 Å². The van der Waals surface area contributed by atoms with Crippen LogP contribution in [0.1, 0.15) is 27.9 Å². The van der Waals surface area contributed by atoms with Crippen LogP contribution in [0.4, 0.5) is 5.69 Å². The Kier molecular flexibility index (Phi) is 4.17. The maximum atomic E-state index is 12.9. The lowest BCUT2D eigenvalue weighted by atomic mass is 9.99. The van der Waals surface area contributed by atoms with Crippen molar-refractivity contribution >= 4 is 33.1 Å². The molecule has 1 aliphatic rings. The van der Waals surface area contributed by atoms with E-state index in [4.69, 9.17) is 11.6 Å². The first kappa shape index (κ1) is 16.0. The molecule has 0 spiro atoms. The summed E-state index contributed by atoms with van der Waals surface area (Å²) in [7, 11) is -3.62. The van der Waals surface area contributed by atoms with E-state index in [9.17, 15) is 13.2 Å². The molecule has 0 saturated carbocycles. The third-order valence-corrected chi connectivity index (χ3v) is 6.04. The van der Waals surface area contributed by atoms with E-state index in [2.05, 4.69) is 0 Å². The van der Waals surface area contributed by atoms with E-state index in [-0.39, 0.29) is 24.5 Å². The van der Waals surface area contributed by atoms with Crippen molar-refractivity contribution in [2.24, 2.45) is 0 Å². The quantitative estimate of drug-likeness (QED) is 0.851. The average molecular weight is 350 g/mol. The van der Waals surface area contributed by atoms with Crippen LogP contribution in [0.2, 0.25) is 5.02 Å². The third kappa shape index (κ3) is 2.99. The highest BCUT2D eigenvalue weighted by molar-refractivity contribution is 7.92. The fourth-order valence-corrected chi connectivity index (χ4v) is 4.80. The van der Waals surface area contributed by atoms with Crippen LogP contribution < -0.4 is 4.31 Å². The molecule has 120 valence electrons. The number of halogens is 1. The van der Waals surface area contributed by atoms with Crippen LogP contribution in [-0.2, 0) is 15.8 Å². The Hall–Kier alpha value is -1.85. The molecule has 0 N–H and O–H groups in total. The smallest absolute Gasteiger partial charge is 0.239 e. The molecule has 2 aromatic rings. The van der Waals surface area contributed by atoms with Crippen LogP contribution in [-0.4, -0.2) is 20.7 Å². The Morgan fingerprint density at radius 1 is 1.13 bits per heavy atom. The van der Waals surface area contributed by atoms with E-state index < -0.39 is 10.0 Å².